The van der Waals surface area contributed by atoms with Gasteiger partial charge in [0.2, 0.25) is 5.91 Å². The highest BCUT2D eigenvalue weighted by Gasteiger charge is 2.25. The molecule has 0 spiro atoms. The molecule has 5 N–H and O–H groups in total. The van der Waals surface area contributed by atoms with Crippen molar-refractivity contribution in [2.75, 3.05) is 37.7 Å². The van der Waals surface area contributed by atoms with Crippen LogP contribution >= 0.6 is 24.0 Å². The van der Waals surface area contributed by atoms with Crippen LogP contribution in [0.5, 0.6) is 0 Å². The second-order valence-corrected chi connectivity index (χ2v) is 8.73. The van der Waals surface area contributed by atoms with Crippen LogP contribution in [-0.2, 0) is 11.3 Å². The Balaban J connectivity index is 0.00000512. The van der Waals surface area contributed by atoms with Crippen LogP contribution in [0, 0.1) is 17.8 Å². The fourth-order valence-corrected chi connectivity index (χ4v) is 4.11. The van der Waals surface area contributed by atoms with Crippen LogP contribution in [0.25, 0.3) is 0 Å². The SMILES string of the molecule is CCNC(=NCc1cccnc1N1CCC(C(N)=O)CC1)NCC(CCO)CC(C)C.I. The van der Waals surface area contributed by atoms with Gasteiger partial charge in [-0.2, -0.15) is 0 Å². The van der Waals surface area contributed by atoms with Crippen molar-refractivity contribution in [3.63, 3.8) is 0 Å². The molecule has 0 saturated carbocycles. The van der Waals surface area contributed by atoms with Gasteiger partial charge >= 0.3 is 0 Å². The number of carbonyl (C=O) groups excluding carboxylic acids is 1. The molecule has 1 unspecified atom stereocenters. The van der Waals surface area contributed by atoms with E-state index in [4.69, 9.17) is 10.7 Å². The summed E-state index contributed by atoms with van der Waals surface area (Å²) >= 11 is 0. The van der Waals surface area contributed by atoms with Crippen molar-refractivity contribution >= 4 is 41.7 Å². The minimum atomic E-state index is -0.205. The maximum atomic E-state index is 11.5. The second-order valence-electron chi connectivity index (χ2n) is 8.73. The lowest BCUT2D eigenvalue weighted by atomic mass is 9.94. The average molecular weight is 561 g/mol. The first kappa shape index (κ1) is 28.4. The van der Waals surface area contributed by atoms with Gasteiger partial charge in [-0.1, -0.05) is 19.9 Å². The van der Waals surface area contributed by atoms with Crippen molar-refractivity contribution in [2.45, 2.75) is 53.0 Å². The van der Waals surface area contributed by atoms with Gasteiger partial charge in [0.05, 0.1) is 6.54 Å². The van der Waals surface area contributed by atoms with Gasteiger partial charge in [-0.25, -0.2) is 9.98 Å². The zero-order chi connectivity index (χ0) is 22.6. The highest BCUT2D eigenvalue weighted by atomic mass is 127. The number of rotatable bonds is 11. The number of nitrogens with two attached hydrogens (primary N) is 1. The van der Waals surface area contributed by atoms with Gasteiger partial charge in [-0.3, -0.25) is 4.79 Å². The Hall–Kier alpha value is -1.62. The van der Waals surface area contributed by atoms with Crippen molar-refractivity contribution in [1.29, 1.82) is 0 Å². The number of anilines is 1. The third-order valence-corrected chi connectivity index (χ3v) is 5.72. The molecular formula is C23H41IN6O2. The van der Waals surface area contributed by atoms with Crippen molar-refractivity contribution in [1.82, 2.24) is 15.6 Å². The third kappa shape index (κ3) is 9.48. The van der Waals surface area contributed by atoms with Crippen LogP contribution in [0.15, 0.2) is 23.3 Å². The summed E-state index contributed by atoms with van der Waals surface area (Å²) in [5, 5.41) is 16.1. The van der Waals surface area contributed by atoms with E-state index in [0.717, 1.165) is 69.2 Å². The lowest BCUT2D eigenvalue weighted by Crippen LogP contribution is -2.40. The molecule has 1 aliphatic rings. The Morgan fingerprint density at radius 3 is 2.66 bits per heavy atom. The van der Waals surface area contributed by atoms with Gasteiger partial charge in [0, 0.05) is 50.5 Å². The number of guanidine groups is 1. The largest absolute Gasteiger partial charge is 0.396 e. The highest BCUT2D eigenvalue weighted by Crippen LogP contribution is 2.25. The molecule has 182 valence electrons. The molecule has 1 aromatic rings. The maximum absolute atomic E-state index is 11.5. The smallest absolute Gasteiger partial charge is 0.220 e. The van der Waals surface area contributed by atoms with Crippen LogP contribution in [0.4, 0.5) is 5.82 Å². The molecule has 1 aromatic heterocycles. The molecule has 1 aliphatic heterocycles. The van der Waals surface area contributed by atoms with E-state index in [1.54, 1.807) is 6.20 Å². The number of hydrogen-bond acceptors (Lipinski definition) is 5. The molecule has 1 saturated heterocycles. The normalized spacial score (nSPS) is 15.9. The fraction of sp³-hybridized carbons (Fsp3) is 0.696. The van der Waals surface area contributed by atoms with E-state index >= 15 is 0 Å². The molecule has 32 heavy (non-hydrogen) atoms. The molecule has 1 fully saturated rings. The molecule has 0 bridgehead atoms. The Morgan fingerprint density at radius 1 is 1.34 bits per heavy atom. The molecule has 0 radical (unpaired) electrons. The van der Waals surface area contributed by atoms with E-state index in [0.29, 0.717) is 18.4 Å². The van der Waals surface area contributed by atoms with Gasteiger partial charge < -0.3 is 26.4 Å². The number of nitrogens with zero attached hydrogens (tertiary/aromatic N) is 3. The first-order valence-corrected chi connectivity index (χ1v) is 11.6. The van der Waals surface area contributed by atoms with Gasteiger partial charge in [-0.05, 0) is 50.5 Å². The van der Waals surface area contributed by atoms with Crippen molar-refractivity contribution in [3.8, 4) is 0 Å². The molecule has 1 atom stereocenters. The molecule has 9 heteroatoms. The summed E-state index contributed by atoms with van der Waals surface area (Å²) in [5.74, 6) is 2.47. The Bertz CT molecular complexity index is 707. The summed E-state index contributed by atoms with van der Waals surface area (Å²) in [5.41, 5.74) is 6.53. The van der Waals surface area contributed by atoms with E-state index in [2.05, 4.69) is 47.4 Å². The Morgan fingerprint density at radius 2 is 2.06 bits per heavy atom. The topological polar surface area (TPSA) is 116 Å². The number of aliphatic hydroxyl groups is 1. The molecule has 0 aliphatic carbocycles. The van der Waals surface area contributed by atoms with Gasteiger partial charge in [0.25, 0.3) is 0 Å². The number of primary amides is 1. The highest BCUT2D eigenvalue weighted by molar-refractivity contribution is 14.0. The quantitative estimate of drug-likeness (QED) is 0.188. The van der Waals surface area contributed by atoms with E-state index < -0.39 is 0 Å². The van der Waals surface area contributed by atoms with Gasteiger partial charge in [0.15, 0.2) is 5.96 Å². The fourth-order valence-electron chi connectivity index (χ4n) is 4.11. The number of aliphatic hydroxyl groups excluding tert-OH is 1. The van der Waals surface area contributed by atoms with E-state index in [1.807, 2.05) is 6.07 Å². The molecule has 0 aromatic carbocycles. The monoisotopic (exact) mass is 560 g/mol. The summed E-state index contributed by atoms with van der Waals surface area (Å²) in [6.07, 6.45) is 5.19. The maximum Gasteiger partial charge on any atom is 0.220 e. The summed E-state index contributed by atoms with van der Waals surface area (Å²) in [4.78, 5) is 23.1. The van der Waals surface area contributed by atoms with Gasteiger partial charge in [-0.15, -0.1) is 24.0 Å². The first-order chi connectivity index (χ1) is 14.9. The van der Waals surface area contributed by atoms with Crippen LogP contribution in [0.3, 0.4) is 0 Å². The number of nitrogens with one attached hydrogen (secondary N) is 2. The van der Waals surface area contributed by atoms with E-state index in [9.17, 15) is 9.90 Å². The zero-order valence-electron chi connectivity index (χ0n) is 19.7. The second kappa shape index (κ2) is 15.3. The Kier molecular flexibility index (Phi) is 13.5. The molecule has 8 nitrogen and oxygen atoms in total. The molecule has 2 heterocycles. The number of carbonyl (C=O) groups is 1. The lowest BCUT2D eigenvalue weighted by Gasteiger charge is -2.32. The van der Waals surface area contributed by atoms with E-state index in [1.165, 1.54) is 0 Å². The summed E-state index contributed by atoms with van der Waals surface area (Å²) < 4.78 is 0. The number of aliphatic imine (C=N–C) groups is 1. The number of amides is 1. The van der Waals surface area contributed by atoms with Gasteiger partial charge in [0.1, 0.15) is 5.82 Å². The number of aromatic nitrogens is 1. The average Bonchev–Trinajstić information content (AvgIpc) is 2.75. The minimum Gasteiger partial charge on any atom is -0.396 e. The number of halogens is 1. The minimum absolute atomic E-state index is 0. The van der Waals surface area contributed by atoms with Crippen molar-refractivity contribution in [3.05, 3.63) is 23.9 Å². The third-order valence-electron chi connectivity index (χ3n) is 5.72. The van der Waals surface area contributed by atoms with Crippen LogP contribution in [0.2, 0.25) is 0 Å². The summed E-state index contributed by atoms with van der Waals surface area (Å²) in [6, 6.07) is 3.99. The number of pyridine rings is 1. The molecule has 2 rings (SSSR count). The van der Waals surface area contributed by atoms with Crippen LogP contribution < -0.4 is 21.3 Å². The van der Waals surface area contributed by atoms with Crippen LogP contribution in [-0.4, -0.2) is 54.7 Å². The predicted octanol–water partition coefficient (Wildman–Crippen LogP) is 2.50. The molecule has 1 amide bonds. The van der Waals surface area contributed by atoms with Crippen molar-refractivity contribution < 1.29 is 9.90 Å². The lowest BCUT2D eigenvalue weighted by molar-refractivity contribution is -0.122. The standard InChI is InChI=1S/C23H40N6O2.HI/c1-4-25-23(27-15-18(9-13-30)14-17(2)3)28-16-20-6-5-10-26-22(20)29-11-7-19(8-12-29)21(24)31;/h5-6,10,17-19,30H,4,7-9,11-16H2,1-3H3,(H2,24,31)(H2,25,27,28);1H. The Labute approximate surface area is 209 Å². The summed E-state index contributed by atoms with van der Waals surface area (Å²) in [6.45, 7) is 10.3. The molecular weight excluding hydrogens is 519 g/mol. The van der Waals surface area contributed by atoms with Crippen LogP contribution in [0.1, 0.15) is 52.0 Å². The summed E-state index contributed by atoms with van der Waals surface area (Å²) in [7, 11) is 0. The first-order valence-electron chi connectivity index (χ1n) is 11.6. The predicted molar refractivity (Wildman–Crippen MR) is 141 cm³/mol. The number of piperidine rings is 1. The van der Waals surface area contributed by atoms with E-state index in [-0.39, 0.29) is 42.4 Å². The zero-order valence-corrected chi connectivity index (χ0v) is 22.0. The number of hydrogen-bond donors (Lipinski definition) is 4. The van der Waals surface area contributed by atoms with Crippen molar-refractivity contribution in [2.24, 2.45) is 28.5 Å².